The molecule has 134 valence electrons. The number of thiazole rings is 1. The van der Waals surface area contributed by atoms with Gasteiger partial charge in [-0.25, -0.2) is 9.78 Å². The van der Waals surface area contributed by atoms with E-state index in [9.17, 15) is 4.79 Å². The van der Waals surface area contributed by atoms with Crippen molar-refractivity contribution < 1.29 is 14.3 Å². The number of hydrogen-bond acceptors (Lipinski definition) is 6. The number of rotatable bonds is 7. The Balaban J connectivity index is 1.59. The summed E-state index contributed by atoms with van der Waals surface area (Å²) in [6, 6.07) is 15.1. The Morgan fingerprint density at radius 1 is 1.15 bits per heavy atom. The highest BCUT2D eigenvalue weighted by molar-refractivity contribution is 7.13. The number of carbonyl (C=O) groups is 1. The number of nitrogens with one attached hydrogen (secondary N) is 1. The second-order valence-electron chi connectivity index (χ2n) is 5.64. The van der Waals surface area contributed by atoms with E-state index in [0.29, 0.717) is 23.6 Å². The van der Waals surface area contributed by atoms with Crippen LogP contribution in [0.4, 0.5) is 10.8 Å². The number of anilines is 2. The highest BCUT2D eigenvalue weighted by atomic mass is 32.1. The Morgan fingerprint density at radius 2 is 1.92 bits per heavy atom. The maximum Gasteiger partial charge on any atom is 0.342 e. The number of aryl methyl sites for hydroxylation is 1. The summed E-state index contributed by atoms with van der Waals surface area (Å²) in [5, 5.41) is 5.88. The molecule has 6 heteroatoms. The molecule has 3 aromatic rings. The lowest BCUT2D eigenvalue weighted by Crippen LogP contribution is -2.08. The zero-order valence-electron chi connectivity index (χ0n) is 14.7. The van der Waals surface area contributed by atoms with Gasteiger partial charge >= 0.3 is 5.97 Å². The highest BCUT2D eigenvalue weighted by Gasteiger charge is 2.14. The molecule has 0 aliphatic carbocycles. The number of nitrogens with zero attached hydrogens (tertiary/aromatic N) is 1. The first-order valence-corrected chi connectivity index (χ1v) is 9.20. The van der Waals surface area contributed by atoms with E-state index in [1.807, 2.05) is 49.6 Å². The SMILES string of the molecule is CCOc1ccccc1C(=O)OCc1csc(Nc2ccc(C)cc2)n1. The molecule has 0 radical (unpaired) electrons. The monoisotopic (exact) mass is 368 g/mol. The first-order valence-electron chi connectivity index (χ1n) is 8.32. The van der Waals surface area contributed by atoms with E-state index in [1.54, 1.807) is 18.2 Å². The summed E-state index contributed by atoms with van der Waals surface area (Å²) in [4.78, 5) is 16.8. The summed E-state index contributed by atoms with van der Waals surface area (Å²) < 4.78 is 10.8. The van der Waals surface area contributed by atoms with Crippen LogP contribution in [0.15, 0.2) is 53.9 Å². The third-order valence-corrected chi connectivity index (χ3v) is 4.42. The van der Waals surface area contributed by atoms with Crippen LogP contribution in [0.1, 0.15) is 28.5 Å². The second kappa shape index (κ2) is 8.49. The van der Waals surface area contributed by atoms with Crippen LogP contribution >= 0.6 is 11.3 Å². The van der Waals surface area contributed by atoms with Gasteiger partial charge in [-0.05, 0) is 38.1 Å². The molecule has 0 fully saturated rings. The summed E-state index contributed by atoms with van der Waals surface area (Å²) in [6.07, 6.45) is 0. The van der Waals surface area contributed by atoms with Gasteiger partial charge in [-0.3, -0.25) is 0 Å². The Bertz CT molecular complexity index is 875. The normalized spacial score (nSPS) is 10.4. The number of carbonyl (C=O) groups excluding carboxylic acids is 1. The molecule has 2 aromatic carbocycles. The fourth-order valence-electron chi connectivity index (χ4n) is 2.32. The molecule has 3 rings (SSSR count). The van der Waals surface area contributed by atoms with E-state index in [-0.39, 0.29) is 6.61 Å². The van der Waals surface area contributed by atoms with Gasteiger partial charge in [-0.1, -0.05) is 29.8 Å². The number of ether oxygens (including phenoxy) is 2. The molecule has 5 nitrogen and oxygen atoms in total. The third-order valence-electron chi connectivity index (χ3n) is 3.61. The molecule has 0 spiro atoms. The minimum atomic E-state index is -0.421. The van der Waals surface area contributed by atoms with Gasteiger partial charge in [-0.15, -0.1) is 11.3 Å². The molecule has 0 amide bonds. The average molecular weight is 368 g/mol. The van der Waals surface area contributed by atoms with Crippen LogP contribution in [-0.2, 0) is 11.3 Å². The van der Waals surface area contributed by atoms with Crippen LogP contribution in [0.2, 0.25) is 0 Å². The predicted octanol–water partition coefficient (Wildman–Crippen LogP) is 4.95. The van der Waals surface area contributed by atoms with Crippen molar-refractivity contribution in [2.24, 2.45) is 0 Å². The van der Waals surface area contributed by atoms with Crippen molar-refractivity contribution >= 4 is 28.1 Å². The number of hydrogen-bond donors (Lipinski definition) is 1. The maximum absolute atomic E-state index is 12.3. The molecule has 0 aliphatic rings. The topological polar surface area (TPSA) is 60.5 Å². The Kier molecular flexibility index (Phi) is 5.86. The molecule has 1 aromatic heterocycles. The van der Waals surface area contributed by atoms with Gasteiger partial charge in [0.2, 0.25) is 0 Å². The standard InChI is InChI=1S/C20H20N2O3S/c1-3-24-18-7-5-4-6-17(18)19(23)25-12-16-13-26-20(22-16)21-15-10-8-14(2)9-11-15/h4-11,13H,3,12H2,1-2H3,(H,21,22). The van der Waals surface area contributed by atoms with E-state index in [4.69, 9.17) is 9.47 Å². The van der Waals surface area contributed by atoms with Crippen molar-refractivity contribution in [3.05, 3.63) is 70.7 Å². The summed E-state index contributed by atoms with van der Waals surface area (Å²) >= 11 is 1.47. The fraction of sp³-hybridized carbons (Fsp3) is 0.200. The Hall–Kier alpha value is -2.86. The molecule has 1 heterocycles. The number of benzene rings is 2. The molecule has 0 unspecified atom stereocenters. The van der Waals surface area contributed by atoms with Gasteiger partial charge in [0, 0.05) is 11.1 Å². The van der Waals surface area contributed by atoms with Crippen molar-refractivity contribution in [1.82, 2.24) is 4.98 Å². The zero-order valence-corrected chi connectivity index (χ0v) is 15.5. The van der Waals surface area contributed by atoms with Gasteiger partial charge in [0.25, 0.3) is 0 Å². The van der Waals surface area contributed by atoms with Gasteiger partial charge < -0.3 is 14.8 Å². The molecule has 0 saturated heterocycles. The first kappa shape index (κ1) is 17.9. The predicted molar refractivity (Wildman–Crippen MR) is 103 cm³/mol. The van der Waals surface area contributed by atoms with Crippen molar-refractivity contribution in [2.45, 2.75) is 20.5 Å². The Morgan fingerprint density at radius 3 is 2.69 bits per heavy atom. The smallest absolute Gasteiger partial charge is 0.342 e. The van der Waals surface area contributed by atoms with Crippen molar-refractivity contribution in [3.8, 4) is 5.75 Å². The molecule has 0 aliphatic heterocycles. The third kappa shape index (κ3) is 4.61. The molecule has 0 saturated carbocycles. The minimum absolute atomic E-state index is 0.116. The minimum Gasteiger partial charge on any atom is -0.493 e. The maximum atomic E-state index is 12.3. The molecule has 0 bridgehead atoms. The Labute approximate surface area is 156 Å². The first-order chi connectivity index (χ1) is 12.7. The van der Waals surface area contributed by atoms with Crippen molar-refractivity contribution in [2.75, 3.05) is 11.9 Å². The molecule has 0 atom stereocenters. The molecular formula is C20H20N2O3S. The van der Waals surface area contributed by atoms with Crippen LogP contribution in [-0.4, -0.2) is 17.6 Å². The lowest BCUT2D eigenvalue weighted by molar-refractivity contribution is 0.0464. The van der Waals surface area contributed by atoms with Gasteiger partial charge in [0.1, 0.15) is 17.9 Å². The van der Waals surface area contributed by atoms with Crippen LogP contribution in [0.5, 0.6) is 5.75 Å². The van der Waals surface area contributed by atoms with Crippen LogP contribution in [0.3, 0.4) is 0 Å². The summed E-state index contributed by atoms with van der Waals surface area (Å²) in [7, 11) is 0. The van der Waals surface area contributed by atoms with E-state index in [0.717, 1.165) is 10.8 Å². The largest absolute Gasteiger partial charge is 0.493 e. The summed E-state index contributed by atoms with van der Waals surface area (Å²) in [5.74, 6) is 0.107. The number of aromatic nitrogens is 1. The molecular weight excluding hydrogens is 348 g/mol. The van der Waals surface area contributed by atoms with E-state index in [1.165, 1.54) is 16.9 Å². The molecule has 1 N–H and O–H groups in total. The lowest BCUT2D eigenvalue weighted by Gasteiger charge is -2.09. The number of esters is 1. The van der Waals surface area contributed by atoms with Crippen molar-refractivity contribution in [3.63, 3.8) is 0 Å². The summed E-state index contributed by atoms with van der Waals surface area (Å²) in [5.41, 5.74) is 3.29. The number of para-hydroxylation sites is 1. The zero-order chi connectivity index (χ0) is 18.4. The van der Waals surface area contributed by atoms with E-state index < -0.39 is 5.97 Å². The van der Waals surface area contributed by atoms with Crippen LogP contribution in [0, 0.1) is 6.92 Å². The lowest BCUT2D eigenvalue weighted by atomic mass is 10.2. The van der Waals surface area contributed by atoms with Crippen molar-refractivity contribution in [1.29, 1.82) is 0 Å². The fourth-order valence-corrected chi connectivity index (χ4v) is 3.04. The van der Waals surface area contributed by atoms with Gasteiger partial charge in [0.15, 0.2) is 5.13 Å². The average Bonchev–Trinajstić information content (AvgIpc) is 3.10. The van der Waals surface area contributed by atoms with E-state index >= 15 is 0 Å². The second-order valence-corrected chi connectivity index (χ2v) is 6.50. The van der Waals surface area contributed by atoms with Gasteiger partial charge in [0.05, 0.1) is 12.3 Å². The van der Waals surface area contributed by atoms with Crippen LogP contribution < -0.4 is 10.1 Å². The van der Waals surface area contributed by atoms with Crippen LogP contribution in [0.25, 0.3) is 0 Å². The quantitative estimate of drug-likeness (QED) is 0.598. The molecule has 26 heavy (non-hydrogen) atoms. The highest BCUT2D eigenvalue weighted by Crippen LogP contribution is 2.23. The van der Waals surface area contributed by atoms with Gasteiger partial charge in [-0.2, -0.15) is 0 Å². The summed E-state index contributed by atoms with van der Waals surface area (Å²) in [6.45, 7) is 4.53. The van der Waals surface area contributed by atoms with E-state index in [2.05, 4.69) is 10.3 Å².